The summed E-state index contributed by atoms with van der Waals surface area (Å²) in [4.78, 5) is 0. The van der Waals surface area contributed by atoms with Crippen molar-refractivity contribution in [3.8, 4) is 5.75 Å². The highest BCUT2D eigenvalue weighted by Gasteiger charge is 2.07. The Labute approximate surface area is 108 Å². The minimum Gasteiger partial charge on any atom is -0.494 e. The second-order valence-electron chi connectivity index (χ2n) is 4.03. The van der Waals surface area contributed by atoms with E-state index in [1.54, 1.807) is 0 Å². The summed E-state index contributed by atoms with van der Waals surface area (Å²) in [6.45, 7) is 6.72. The van der Waals surface area contributed by atoms with Gasteiger partial charge in [-0.25, -0.2) is 0 Å². The van der Waals surface area contributed by atoms with E-state index < -0.39 is 0 Å². The van der Waals surface area contributed by atoms with Crippen molar-refractivity contribution in [1.29, 1.82) is 0 Å². The maximum atomic E-state index is 6.01. The third-order valence-electron chi connectivity index (χ3n) is 2.78. The largest absolute Gasteiger partial charge is 0.494 e. The Bertz CT molecular complexity index is 546. The molecule has 0 heterocycles. The first-order valence-electron chi connectivity index (χ1n) is 5.99. The van der Waals surface area contributed by atoms with Crippen molar-refractivity contribution in [3.63, 3.8) is 0 Å². The van der Waals surface area contributed by atoms with E-state index in [1.807, 2.05) is 55.5 Å². The molecular formula is C16H17NO. The molecule has 2 aromatic carbocycles. The van der Waals surface area contributed by atoms with Crippen molar-refractivity contribution in [2.45, 2.75) is 6.92 Å². The highest BCUT2D eigenvalue weighted by Crippen LogP contribution is 2.29. The average Bonchev–Trinajstić information content (AvgIpc) is 2.41. The van der Waals surface area contributed by atoms with Crippen molar-refractivity contribution in [1.82, 2.24) is 0 Å². The lowest BCUT2D eigenvalue weighted by molar-refractivity contribution is 0.340. The number of hydrogen-bond donors (Lipinski definition) is 1. The highest BCUT2D eigenvalue weighted by atomic mass is 16.5. The van der Waals surface area contributed by atoms with Crippen LogP contribution in [0.5, 0.6) is 5.75 Å². The normalized spacial score (nSPS) is 10.1. The third kappa shape index (κ3) is 2.54. The van der Waals surface area contributed by atoms with Gasteiger partial charge in [0.25, 0.3) is 0 Å². The number of benzene rings is 2. The van der Waals surface area contributed by atoms with Gasteiger partial charge in [0.1, 0.15) is 5.75 Å². The highest BCUT2D eigenvalue weighted by molar-refractivity contribution is 5.84. The summed E-state index contributed by atoms with van der Waals surface area (Å²) >= 11 is 0. The van der Waals surface area contributed by atoms with Gasteiger partial charge in [-0.15, -0.1) is 0 Å². The number of ether oxygens (including phenoxy) is 1. The maximum absolute atomic E-state index is 6.01. The van der Waals surface area contributed by atoms with Crippen molar-refractivity contribution >= 4 is 11.3 Å². The predicted molar refractivity (Wildman–Crippen MR) is 76.6 cm³/mol. The molecule has 0 bridgehead atoms. The summed E-state index contributed by atoms with van der Waals surface area (Å²) in [5.41, 5.74) is 9.63. The summed E-state index contributed by atoms with van der Waals surface area (Å²) in [6.07, 6.45) is 0. The molecule has 0 atom stereocenters. The van der Waals surface area contributed by atoms with Gasteiger partial charge in [0.15, 0.2) is 0 Å². The number of hydrogen-bond acceptors (Lipinski definition) is 2. The molecule has 2 heteroatoms. The average molecular weight is 239 g/mol. The Balaban J connectivity index is 2.38. The van der Waals surface area contributed by atoms with Crippen LogP contribution in [0.3, 0.4) is 0 Å². The van der Waals surface area contributed by atoms with Gasteiger partial charge in [-0.2, -0.15) is 0 Å². The molecule has 0 amide bonds. The smallest absolute Gasteiger partial charge is 0.120 e. The molecular weight excluding hydrogens is 222 g/mol. The molecule has 2 aromatic rings. The van der Waals surface area contributed by atoms with Crippen LogP contribution in [-0.4, -0.2) is 6.61 Å². The van der Waals surface area contributed by atoms with Gasteiger partial charge in [-0.1, -0.05) is 36.9 Å². The van der Waals surface area contributed by atoms with E-state index in [0.717, 1.165) is 22.4 Å². The van der Waals surface area contributed by atoms with Crippen LogP contribution in [0.1, 0.15) is 18.1 Å². The monoisotopic (exact) mass is 239 g/mol. The minimum atomic E-state index is 0.640. The van der Waals surface area contributed by atoms with E-state index in [2.05, 4.69) is 6.58 Å². The van der Waals surface area contributed by atoms with Crippen LogP contribution in [0.15, 0.2) is 55.1 Å². The van der Waals surface area contributed by atoms with Gasteiger partial charge in [-0.3, -0.25) is 0 Å². The van der Waals surface area contributed by atoms with E-state index in [1.165, 1.54) is 0 Å². The SMILES string of the molecule is C=C(c1ccccc1)c1cc(OCC)ccc1N. The van der Waals surface area contributed by atoms with Gasteiger partial charge < -0.3 is 10.5 Å². The second kappa shape index (κ2) is 5.41. The van der Waals surface area contributed by atoms with Crippen LogP contribution in [0.4, 0.5) is 5.69 Å². The lowest BCUT2D eigenvalue weighted by Crippen LogP contribution is -1.97. The van der Waals surface area contributed by atoms with Crippen molar-refractivity contribution in [2.24, 2.45) is 0 Å². The second-order valence-corrected chi connectivity index (χ2v) is 4.03. The van der Waals surface area contributed by atoms with Gasteiger partial charge in [0.05, 0.1) is 6.61 Å². The van der Waals surface area contributed by atoms with Crippen LogP contribution in [0.2, 0.25) is 0 Å². The molecule has 0 aromatic heterocycles. The summed E-state index contributed by atoms with van der Waals surface area (Å²) in [6, 6.07) is 15.7. The fourth-order valence-corrected chi connectivity index (χ4v) is 1.85. The molecule has 0 saturated carbocycles. The third-order valence-corrected chi connectivity index (χ3v) is 2.78. The summed E-state index contributed by atoms with van der Waals surface area (Å²) in [5.74, 6) is 0.818. The zero-order chi connectivity index (χ0) is 13.0. The molecule has 2 nitrogen and oxygen atoms in total. The number of nitrogen functional groups attached to an aromatic ring is 1. The van der Waals surface area contributed by atoms with E-state index in [9.17, 15) is 0 Å². The van der Waals surface area contributed by atoms with E-state index in [-0.39, 0.29) is 0 Å². The molecule has 0 spiro atoms. The van der Waals surface area contributed by atoms with Crippen molar-refractivity contribution < 1.29 is 4.74 Å². The molecule has 18 heavy (non-hydrogen) atoms. The van der Waals surface area contributed by atoms with Crippen LogP contribution < -0.4 is 10.5 Å². The Kier molecular flexibility index (Phi) is 3.68. The van der Waals surface area contributed by atoms with Gasteiger partial charge in [-0.05, 0) is 36.3 Å². The van der Waals surface area contributed by atoms with Crippen LogP contribution in [-0.2, 0) is 0 Å². The number of nitrogens with two attached hydrogens (primary N) is 1. The lowest BCUT2D eigenvalue weighted by Gasteiger charge is -2.12. The zero-order valence-corrected chi connectivity index (χ0v) is 10.5. The van der Waals surface area contributed by atoms with E-state index in [0.29, 0.717) is 12.3 Å². The van der Waals surface area contributed by atoms with Crippen molar-refractivity contribution in [2.75, 3.05) is 12.3 Å². The minimum absolute atomic E-state index is 0.640. The standard InChI is InChI=1S/C16H17NO/c1-3-18-14-9-10-16(17)15(11-14)12(2)13-7-5-4-6-8-13/h4-11H,2-3,17H2,1H3. The topological polar surface area (TPSA) is 35.2 Å². The van der Waals surface area contributed by atoms with Crippen LogP contribution in [0.25, 0.3) is 5.57 Å². The summed E-state index contributed by atoms with van der Waals surface area (Å²) in [7, 11) is 0. The Morgan fingerprint density at radius 3 is 2.56 bits per heavy atom. The fourth-order valence-electron chi connectivity index (χ4n) is 1.85. The summed E-state index contributed by atoms with van der Waals surface area (Å²) < 4.78 is 5.49. The van der Waals surface area contributed by atoms with E-state index >= 15 is 0 Å². The first-order valence-corrected chi connectivity index (χ1v) is 5.99. The molecule has 92 valence electrons. The van der Waals surface area contributed by atoms with Crippen LogP contribution >= 0.6 is 0 Å². The fraction of sp³-hybridized carbons (Fsp3) is 0.125. The molecule has 2 rings (SSSR count). The molecule has 0 unspecified atom stereocenters. The van der Waals surface area contributed by atoms with Gasteiger partial charge in [0.2, 0.25) is 0 Å². The quantitative estimate of drug-likeness (QED) is 0.825. The molecule has 0 aliphatic heterocycles. The van der Waals surface area contributed by atoms with Gasteiger partial charge in [0, 0.05) is 11.3 Å². The molecule has 0 saturated heterocycles. The Morgan fingerprint density at radius 1 is 1.17 bits per heavy atom. The zero-order valence-electron chi connectivity index (χ0n) is 10.5. The molecule has 0 radical (unpaired) electrons. The first-order chi connectivity index (χ1) is 8.72. The molecule has 0 aliphatic carbocycles. The first kappa shape index (κ1) is 12.2. The van der Waals surface area contributed by atoms with Crippen molar-refractivity contribution in [3.05, 3.63) is 66.2 Å². The number of rotatable bonds is 4. The number of anilines is 1. The Morgan fingerprint density at radius 2 is 1.89 bits per heavy atom. The Hall–Kier alpha value is -2.22. The molecule has 2 N–H and O–H groups in total. The molecule has 0 fully saturated rings. The maximum Gasteiger partial charge on any atom is 0.120 e. The van der Waals surface area contributed by atoms with Crippen LogP contribution in [0, 0.1) is 0 Å². The summed E-state index contributed by atoms with van der Waals surface area (Å²) in [5, 5.41) is 0. The van der Waals surface area contributed by atoms with E-state index in [4.69, 9.17) is 10.5 Å². The van der Waals surface area contributed by atoms with Gasteiger partial charge >= 0.3 is 0 Å². The predicted octanol–water partition coefficient (Wildman–Crippen LogP) is 3.73. The lowest BCUT2D eigenvalue weighted by atomic mass is 9.98. The molecule has 0 aliphatic rings.